The van der Waals surface area contributed by atoms with Gasteiger partial charge in [0.25, 0.3) is 0 Å². The van der Waals surface area contributed by atoms with E-state index in [9.17, 15) is 4.39 Å². The zero-order valence-electron chi connectivity index (χ0n) is 14.4. The number of ether oxygens (including phenoxy) is 1. The lowest BCUT2D eigenvalue weighted by atomic mass is 9.87. The topological polar surface area (TPSA) is 33.6 Å². The SMILES string of the molecule is CC(C)(C)c1ccc(Oc2cccc(F)c2C2=NCCCN2)cc1. The second kappa shape index (κ2) is 6.63. The van der Waals surface area contributed by atoms with Crippen LogP contribution in [0.1, 0.15) is 38.3 Å². The molecule has 0 aliphatic carbocycles. The lowest BCUT2D eigenvalue weighted by Crippen LogP contribution is -2.31. The Kier molecular flexibility index (Phi) is 4.56. The molecule has 3 rings (SSSR count). The Bertz CT molecular complexity index is 745. The van der Waals surface area contributed by atoms with Gasteiger partial charge in [0.1, 0.15) is 23.2 Å². The molecule has 0 radical (unpaired) electrons. The number of nitrogens with one attached hydrogen (secondary N) is 1. The van der Waals surface area contributed by atoms with E-state index >= 15 is 0 Å². The maximum absolute atomic E-state index is 14.4. The van der Waals surface area contributed by atoms with Crippen molar-refractivity contribution in [3.63, 3.8) is 0 Å². The zero-order chi connectivity index (χ0) is 17.2. The van der Waals surface area contributed by atoms with E-state index in [1.807, 2.05) is 24.3 Å². The van der Waals surface area contributed by atoms with Crippen LogP contribution >= 0.6 is 0 Å². The predicted octanol–water partition coefficient (Wildman–Crippen LogP) is 4.66. The molecule has 0 spiro atoms. The highest BCUT2D eigenvalue weighted by Gasteiger charge is 2.18. The molecule has 1 heterocycles. The molecule has 0 saturated heterocycles. The third-order valence-corrected chi connectivity index (χ3v) is 4.06. The van der Waals surface area contributed by atoms with Crippen LogP contribution in [0, 0.1) is 5.82 Å². The van der Waals surface area contributed by atoms with E-state index in [-0.39, 0.29) is 11.2 Å². The van der Waals surface area contributed by atoms with E-state index in [1.165, 1.54) is 11.6 Å². The minimum Gasteiger partial charge on any atom is -0.456 e. The Morgan fingerprint density at radius 3 is 2.46 bits per heavy atom. The molecule has 0 saturated carbocycles. The van der Waals surface area contributed by atoms with Gasteiger partial charge in [0.05, 0.1) is 5.56 Å². The van der Waals surface area contributed by atoms with Crippen LogP contribution < -0.4 is 10.1 Å². The van der Waals surface area contributed by atoms with E-state index in [0.29, 0.717) is 29.4 Å². The molecule has 0 bridgehead atoms. The lowest BCUT2D eigenvalue weighted by molar-refractivity contribution is 0.473. The fourth-order valence-corrected chi connectivity index (χ4v) is 2.67. The molecule has 0 atom stereocenters. The summed E-state index contributed by atoms with van der Waals surface area (Å²) >= 11 is 0. The van der Waals surface area contributed by atoms with Gasteiger partial charge in [-0.1, -0.05) is 39.0 Å². The number of nitrogens with zero attached hydrogens (tertiary/aromatic N) is 1. The first-order valence-electron chi connectivity index (χ1n) is 8.31. The normalized spacial score (nSPS) is 14.8. The Balaban J connectivity index is 1.90. The Morgan fingerprint density at radius 1 is 1.08 bits per heavy atom. The zero-order valence-corrected chi connectivity index (χ0v) is 14.4. The molecule has 1 N–H and O–H groups in total. The molecule has 24 heavy (non-hydrogen) atoms. The monoisotopic (exact) mass is 326 g/mol. The van der Waals surface area contributed by atoms with Gasteiger partial charge in [-0.05, 0) is 41.7 Å². The van der Waals surface area contributed by atoms with Crippen molar-refractivity contribution in [3.8, 4) is 11.5 Å². The van der Waals surface area contributed by atoms with Gasteiger partial charge in [-0.25, -0.2) is 4.39 Å². The summed E-state index contributed by atoms with van der Waals surface area (Å²) in [6.07, 6.45) is 0.961. The van der Waals surface area contributed by atoms with Crippen molar-refractivity contribution in [1.29, 1.82) is 0 Å². The Hall–Kier alpha value is -2.36. The standard InChI is InChI=1S/C20H23FN2O/c1-20(2,3)14-8-10-15(11-9-14)24-17-7-4-6-16(21)18(17)19-22-12-5-13-23-19/h4,6-11H,5,12-13H2,1-3H3,(H,22,23). The molecule has 2 aromatic rings. The summed E-state index contributed by atoms with van der Waals surface area (Å²) in [4.78, 5) is 4.39. The predicted molar refractivity (Wildman–Crippen MR) is 95.6 cm³/mol. The van der Waals surface area contributed by atoms with E-state index in [4.69, 9.17) is 4.74 Å². The van der Waals surface area contributed by atoms with Crippen LogP contribution in [0.5, 0.6) is 11.5 Å². The van der Waals surface area contributed by atoms with Crippen molar-refractivity contribution in [2.75, 3.05) is 13.1 Å². The summed E-state index contributed by atoms with van der Waals surface area (Å²) in [5, 5.41) is 3.16. The van der Waals surface area contributed by atoms with Gasteiger partial charge in [0, 0.05) is 13.1 Å². The van der Waals surface area contributed by atoms with Crippen LogP contribution in [-0.2, 0) is 5.41 Å². The van der Waals surface area contributed by atoms with Crippen molar-refractivity contribution in [3.05, 3.63) is 59.4 Å². The number of halogens is 1. The van der Waals surface area contributed by atoms with E-state index < -0.39 is 0 Å². The molecule has 0 amide bonds. The first-order chi connectivity index (χ1) is 11.4. The molecular formula is C20H23FN2O. The number of hydrogen-bond acceptors (Lipinski definition) is 3. The first-order valence-corrected chi connectivity index (χ1v) is 8.31. The number of hydrogen-bond donors (Lipinski definition) is 1. The summed E-state index contributed by atoms with van der Waals surface area (Å²) in [6, 6.07) is 12.8. The number of aliphatic imine (C=N–C) groups is 1. The van der Waals surface area contributed by atoms with Crippen molar-refractivity contribution >= 4 is 5.84 Å². The summed E-state index contributed by atoms with van der Waals surface area (Å²) in [5.41, 5.74) is 1.72. The fraction of sp³-hybridized carbons (Fsp3) is 0.350. The molecule has 1 aliphatic heterocycles. The smallest absolute Gasteiger partial charge is 0.141 e. The van der Waals surface area contributed by atoms with E-state index in [2.05, 4.69) is 31.1 Å². The minimum atomic E-state index is -0.327. The van der Waals surface area contributed by atoms with Gasteiger partial charge >= 0.3 is 0 Å². The molecular weight excluding hydrogens is 303 g/mol. The van der Waals surface area contributed by atoms with Gasteiger partial charge in [-0.3, -0.25) is 4.99 Å². The van der Waals surface area contributed by atoms with Gasteiger partial charge in [0.15, 0.2) is 0 Å². The van der Waals surface area contributed by atoms with Crippen molar-refractivity contribution in [2.45, 2.75) is 32.6 Å². The Morgan fingerprint density at radius 2 is 1.83 bits per heavy atom. The van der Waals surface area contributed by atoms with Crippen molar-refractivity contribution in [1.82, 2.24) is 5.32 Å². The number of amidine groups is 1. The molecule has 1 aliphatic rings. The van der Waals surface area contributed by atoms with Crippen LogP contribution in [-0.4, -0.2) is 18.9 Å². The molecule has 4 heteroatoms. The van der Waals surface area contributed by atoms with Gasteiger partial charge in [-0.15, -0.1) is 0 Å². The fourth-order valence-electron chi connectivity index (χ4n) is 2.67. The van der Waals surface area contributed by atoms with E-state index in [0.717, 1.165) is 13.0 Å². The minimum absolute atomic E-state index is 0.0866. The molecule has 2 aromatic carbocycles. The van der Waals surface area contributed by atoms with Crippen LogP contribution in [0.15, 0.2) is 47.5 Å². The number of benzene rings is 2. The molecule has 126 valence electrons. The summed E-state index contributed by atoms with van der Waals surface area (Å²) in [7, 11) is 0. The van der Waals surface area contributed by atoms with Crippen LogP contribution in [0.3, 0.4) is 0 Å². The highest BCUT2D eigenvalue weighted by molar-refractivity contribution is 6.01. The number of rotatable bonds is 3. The average molecular weight is 326 g/mol. The third-order valence-electron chi connectivity index (χ3n) is 4.06. The summed E-state index contributed by atoms with van der Waals surface area (Å²) in [6.45, 7) is 8.00. The van der Waals surface area contributed by atoms with Gasteiger partial charge in [0.2, 0.25) is 0 Å². The highest BCUT2D eigenvalue weighted by atomic mass is 19.1. The Labute approximate surface area is 142 Å². The lowest BCUT2D eigenvalue weighted by Gasteiger charge is -2.20. The average Bonchev–Trinajstić information content (AvgIpc) is 2.55. The summed E-state index contributed by atoms with van der Waals surface area (Å²) in [5.74, 6) is 1.41. The van der Waals surface area contributed by atoms with Crippen molar-refractivity contribution < 1.29 is 9.13 Å². The first kappa shape index (κ1) is 16.5. The van der Waals surface area contributed by atoms with Crippen LogP contribution in [0.25, 0.3) is 0 Å². The second-order valence-corrected chi connectivity index (χ2v) is 7.00. The van der Waals surface area contributed by atoms with Crippen LogP contribution in [0.2, 0.25) is 0 Å². The van der Waals surface area contributed by atoms with Gasteiger partial charge in [-0.2, -0.15) is 0 Å². The van der Waals surface area contributed by atoms with Crippen LogP contribution in [0.4, 0.5) is 4.39 Å². The second-order valence-electron chi connectivity index (χ2n) is 7.00. The quantitative estimate of drug-likeness (QED) is 0.890. The maximum Gasteiger partial charge on any atom is 0.141 e. The van der Waals surface area contributed by atoms with Crippen molar-refractivity contribution in [2.24, 2.45) is 4.99 Å². The molecule has 0 unspecified atom stereocenters. The molecule has 0 fully saturated rings. The van der Waals surface area contributed by atoms with Gasteiger partial charge < -0.3 is 10.1 Å². The largest absolute Gasteiger partial charge is 0.456 e. The van der Waals surface area contributed by atoms with E-state index in [1.54, 1.807) is 12.1 Å². The molecule has 3 nitrogen and oxygen atoms in total. The highest BCUT2D eigenvalue weighted by Crippen LogP contribution is 2.30. The summed E-state index contributed by atoms with van der Waals surface area (Å²) < 4.78 is 20.3. The maximum atomic E-state index is 14.4. The molecule has 0 aromatic heterocycles. The third kappa shape index (κ3) is 3.58.